The molecule has 0 unspecified atom stereocenters. The van der Waals surface area contributed by atoms with E-state index in [-0.39, 0.29) is 11.4 Å². The first-order valence-corrected chi connectivity index (χ1v) is 6.30. The highest BCUT2D eigenvalue weighted by atomic mass is 16.7. The second-order valence-electron chi connectivity index (χ2n) is 4.28. The van der Waals surface area contributed by atoms with Crippen LogP contribution in [0.15, 0.2) is 48.5 Å². The lowest BCUT2D eigenvalue weighted by Gasteiger charge is -2.06. The van der Waals surface area contributed by atoms with Crippen LogP contribution in [0, 0.1) is 10.1 Å². The summed E-state index contributed by atoms with van der Waals surface area (Å²) in [6, 6.07) is 11.9. The monoisotopic (exact) mass is 303 g/mol. The Labute approximate surface area is 126 Å². The molecule has 0 atom stereocenters. The minimum absolute atomic E-state index is 0.0885. The highest BCUT2D eigenvalue weighted by molar-refractivity contribution is 5.67. The lowest BCUT2D eigenvalue weighted by Crippen LogP contribution is -2.13. The summed E-state index contributed by atoms with van der Waals surface area (Å²) >= 11 is 0. The van der Waals surface area contributed by atoms with Gasteiger partial charge in [-0.15, -0.1) is 0 Å². The molecule has 0 radical (unpaired) electrons. The Bertz CT molecular complexity index is 651. The van der Waals surface area contributed by atoms with Crippen molar-refractivity contribution in [1.82, 2.24) is 0 Å². The molecule has 0 N–H and O–H groups in total. The maximum atomic E-state index is 11.6. The van der Waals surface area contributed by atoms with E-state index in [2.05, 4.69) is 0 Å². The number of hydrogen-bond acceptors (Lipinski definition) is 6. The molecule has 2 aromatic rings. The molecule has 0 amide bonds. The zero-order valence-corrected chi connectivity index (χ0v) is 11.7. The van der Waals surface area contributed by atoms with Crippen molar-refractivity contribution in [3.05, 3.63) is 64.2 Å². The van der Waals surface area contributed by atoms with Gasteiger partial charge in [0, 0.05) is 19.2 Å². The zero-order chi connectivity index (χ0) is 15.9. The third-order valence-electron chi connectivity index (χ3n) is 2.68. The molecule has 0 aliphatic rings. The molecule has 114 valence electrons. The predicted octanol–water partition coefficient (Wildman–Crippen LogP) is 3.32. The summed E-state index contributed by atoms with van der Waals surface area (Å²) in [4.78, 5) is 21.6. The zero-order valence-electron chi connectivity index (χ0n) is 11.7. The van der Waals surface area contributed by atoms with Crippen molar-refractivity contribution in [2.45, 2.75) is 6.61 Å². The van der Waals surface area contributed by atoms with Gasteiger partial charge in [-0.25, -0.2) is 4.79 Å². The third kappa shape index (κ3) is 4.29. The van der Waals surface area contributed by atoms with Crippen LogP contribution in [0.1, 0.15) is 5.56 Å². The van der Waals surface area contributed by atoms with Gasteiger partial charge in [0.2, 0.25) is 0 Å². The van der Waals surface area contributed by atoms with Gasteiger partial charge in [-0.2, -0.15) is 0 Å². The molecule has 0 aliphatic heterocycles. The maximum Gasteiger partial charge on any atom is 0.519 e. The SMILES string of the molecule is COCc1ccc(OC(=O)Oc2ccc([N+](=O)[O-])cc2)cc1. The van der Waals surface area contributed by atoms with Crippen LogP contribution in [-0.4, -0.2) is 18.2 Å². The van der Waals surface area contributed by atoms with Crippen molar-refractivity contribution in [3.63, 3.8) is 0 Å². The van der Waals surface area contributed by atoms with E-state index in [1.165, 1.54) is 24.3 Å². The predicted molar refractivity (Wildman–Crippen MR) is 76.9 cm³/mol. The van der Waals surface area contributed by atoms with Crippen molar-refractivity contribution < 1.29 is 23.9 Å². The van der Waals surface area contributed by atoms with Crippen LogP contribution >= 0.6 is 0 Å². The number of carbonyl (C=O) groups excluding carboxylic acids is 1. The van der Waals surface area contributed by atoms with E-state index in [1.54, 1.807) is 31.4 Å². The average molecular weight is 303 g/mol. The average Bonchev–Trinajstić information content (AvgIpc) is 2.50. The Morgan fingerprint density at radius 2 is 1.50 bits per heavy atom. The number of nitrogens with zero attached hydrogens (tertiary/aromatic N) is 1. The highest BCUT2D eigenvalue weighted by Crippen LogP contribution is 2.19. The van der Waals surface area contributed by atoms with Gasteiger partial charge in [0.15, 0.2) is 0 Å². The number of non-ortho nitro benzene ring substituents is 1. The summed E-state index contributed by atoms with van der Waals surface area (Å²) < 4.78 is 14.9. The molecule has 2 rings (SSSR count). The van der Waals surface area contributed by atoms with Crippen LogP contribution in [0.25, 0.3) is 0 Å². The number of nitro groups is 1. The van der Waals surface area contributed by atoms with Crippen LogP contribution in [-0.2, 0) is 11.3 Å². The molecule has 0 saturated heterocycles. The summed E-state index contributed by atoms with van der Waals surface area (Å²) in [6.07, 6.45) is -0.923. The van der Waals surface area contributed by atoms with Gasteiger partial charge < -0.3 is 14.2 Å². The van der Waals surface area contributed by atoms with E-state index < -0.39 is 11.1 Å². The summed E-state index contributed by atoms with van der Waals surface area (Å²) in [5, 5.41) is 10.5. The second kappa shape index (κ2) is 7.19. The fraction of sp³-hybridized carbons (Fsp3) is 0.133. The normalized spacial score (nSPS) is 10.0. The lowest BCUT2D eigenvalue weighted by molar-refractivity contribution is -0.384. The molecule has 0 spiro atoms. The van der Waals surface area contributed by atoms with Crippen LogP contribution in [0.2, 0.25) is 0 Å². The van der Waals surface area contributed by atoms with E-state index in [4.69, 9.17) is 14.2 Å². The topological polar surface area (TPSA) is 87.9 Å². The number of ether oxygens (including phenoxy) is 3. The van der Waals surface area contributed by atoms with Gasteiger partial charge in [-0.3, -0.25) is 10.1 Å². The molecule has 0 saturated carbocycles. The van der Waals surface area contributed by atoms with E-state index in [0.717, 1.165) is 5.56 Å². The first-order chi connectivity index (χ1) is 10.6. The highest BCUT2D eigenvalue weighted by Gasteiger charge is 2.10. The van der Waals surface area contributed by atoms with E-state index in [9.17, 15) is 14.9 Å². The number of rotatable bonds is 5. The number of carbonyl (C=O) groups is 1. The van der Waals surface area contributed by atoms with Crippen LogP contribution < -0.4 is 9.47 Å². The Hall–Kier alpha value is -2.93. The number of nitro benzene ring substituents is 1. The number of methoxy groups -OCH3 is 1. The van der Waals surface area contributed by atoms with Gasteiger partial charge in [-0.1, -0.05) is 12.1 Å². The summed E-state index contributed by atoms with van der Waals surface area (Å²) in [5.41, 5.74) is 0.855. The van der Waals surface area contributed by atoms with Crippen molar-refractivity contribution in [1.29, 1.82) is 0 Å². The first-order valence-electron chi connectivity index (χ1n) is 6.30. The Kier molecular flexibility index (Phi) is 5.05. The Morgan fingerprint density at radius 1 is 1.00 bits per heavy atom. The molecule has 0 fully saturated rings. The standard InChI is InChI=1S/C15H13NO6/c1-20-10-11-2-6-13(7-3-11)21-15(17)22-14-8-4-12(5-9-14)16(18)19/h2-9H,10H2,1H3. The van der Waals surface area contributed by atoms with Gasteiger partial charge in [0.25, 0.3) is 5.69 Å². The Balaban J connectivity index is 1.93. The molecule has 0 aromatic heterocycles. The molecular weight excluding hydrogens is 290 g/mol. The van der Waals surface area contributed by atoms with Gasteiger partial charge in [0.1, 0.15) is 11.5 Å². The lowest BCUT2D eigenvalue weighted by atomic mass is 10.2. The third-order valence-corrected chi connectivity index (χ3v) is 2.68. The molecule has 2 aromatic carbocycles. The maximum absolute atomic E-state index is 11.6. The van der Waals surface area contributed by atoms with Crippen molar-refractivity contribution in [2.75, 3.05) is 7.11 Å². The largest absolute Gasteiger partial charge is 0.519 e. The Morgan fingerprint density at radius 3 is 1.95 bits per heavy atom. The van der Waals surface area contributed by atoms with Crippen molar-refractivity contribution in [2.24, 2.45) is 0 Å². The van der Waals surface area contributed by atoms with Crippen LogP contribution in [0.5, 0.6) is 11.5 Å². The smallest absolute Gasteiger partial charge is 0.395 e. The fourth-order valence-corrected chi connectivity index (χ4v) is 1.67. The minimum atomic E-state index is -0.923. The van der Waals surface area contributed by atoms with E-state index in [1.807, 2.05) is 0 Å². The molecular formula is C15H13NO6. The molecule has 0 aliphatic carbocycles. The number of benzene rings is 2. The van der Waals surface area contributed by atoms with Gasteiger partial charge in [-0.05, 0) is 29.8 Å². The fourth-order valence-electron chi connectivity index (χ4n) is 1.67. The van der Waals surface area contributed by atoms with Crippen LogP contribution in [0.4, 0.5) is 10.5 Å². The summed E-state index contributed by atoms with van der Waals surface area (Å²) in [5.74, 6) is 0.485. The first kappa shape index (κ1) is 15.5. The van der Waals surface area contributed by atoms with Crippen molar-refractivity contribution >= 4 is 11.8 Å². The van der Waals surface area contributed by atoms with E-state index >= 15 is 0 Å². The minimum Gasteiger partial charge on any atom is -0.395 e. The van der Waals surface area contributed by atoms with E-state index in [0.29, 0.717) is 12.4 Å². The quantitative estimate of drug-likeness (QED) is 0.364. The summed E-state index contributed by atoms with van der Waals surface area (Å²) in [6.45, 7) is 0.466. The van der Waals surface area contributed by atoms with Gasteiger partial charge >= 0.3 is 6.16 Å². The molecule has 0 heterocycles. The van der Waals surface area contributed by atoms with Crippen molar-refractivity contribution in [3.8, 4) is 11.5 Å². The molecule has 22 heavy (non-hydrogen) atoms. The number of hydrogen-bond donors (Lipinski definition) is 0. The summed E-state index contributed by atoms with van der Waals surface area (Å²) in [7, 11) is 1.59. The second-order valence-corrected chi connectivity index (χ2v) is 4.28. The van der Waals surface area contributed by atoms with Gasteiger partial charge in [0.05, 0.1) is 11.5 Å². The molecule has 7 nitrogen and oxygen atoms in total. The van der Waals surface area contributed by atoms with Crippen LogP contribution in [0.3, 0.4) is 0 Å². The molecule has 7 heteroatoms. The molecule has 0 bridgehead atoms.